The second kappa shape index (κ2) is 8.85. The van der Waals surface area contributed by atoms with E-state index >= 15 is 0 Å². The first kappa shape index (κ1) is 20.3. The summed E-state index contributed by atoms with van der Waals surface area (Å²) in [6.45, 7) is 2.17. The minimum atomic E-state index is -0.229. The van der Waals surface area contributed by atoms with Crippen LogP contribution in [0, 0.1) is 0 Å². The molecule has 0 N–H and O–H groups in total. The smallest absolute Gasteiger partial charge is 0.251 e. The number of piperidine rings is 1. The number of hydrogen-bond acceptors (Lipinski definition) is 4. The van der Waals surface area contributed by atoms with Crippen LogP contribution in [-0.2, 0) is 9.53 Å². The van der Waals surface area contributed by atoms with Gasteiger partial charge in [-0.1, -0.05) is 35.9 Å². The van der Waals surface area contributed by atoms with Crippen LogP contribution in [0.1, 0.15) is 25.7 Å². The molecule has 2 aliphatic heterocycles. The molecule has 160 valence electrons. The Bertz CT molecular complexity index is 1070. The first-order valence-corrected chi connectivity index (χ1v) is 11.3. The number of amides is 1. The molecule has 0 unspecified atom stereocenters. The number of likely N-dealkylation sites (tertiary alicyclic amines) is 1. The molecule has 2 fully saturated rings. The van der Waals surface area contributed by atoms with Crippen molar-refractivity contribution in [1.82, 2.24) is 9.88 Å². The Kier molecular flexibility index (Phi) is 5.79. The van der Waals surface area contributed by atoms with Crippen molar-refractivity contribution in [2.75, 3.05) is 19.7 Å². The summed E-state index contributed by atoms with van der Waals surface area (Å²) in [6, 6.07) is 16.4. The van der Waals surface area contributed by atoms with Crippen molar-refractivity contribution < 1.29 is 14.3 Å². The monoisotopic (exact) mass is 436 g/mol. The third-order valence-electron chi connectivity index (χ3n) is 6.16. The molecule has 1 atom stereocenters. The number of rotatable bonds is 4. The highest BCUT2D eigenvalue weighted by Crippen LogP contribution is 2.29. The lowest BCUT2D eigenvalue weighted by molar-refractivity contribution is -0.142. The van der Waals surface area contributed by atoms with Gasteiger partial charge in [0, 0.05) is 44.1 Å². The van der Waals surface area contributed by atoms with E-state index < -0.39 is 0 Å². The van der Waals surface area contributed by atoms with Gasteiger partial charge in [0.15, 0.2) is 0 Å². The van der Waals surface area contributed by atoms with E-state index in [4.69, 9.17) is 21.1 Å². The van der Waals surface area contributed by atoms with Crippen molar-refractivity contribution >= 4 is 28.3 Å². The Labute approximate surface area is 186 Å². The van der Waals surface area contributed by atoms with E-state index in [1.807, 2.05) is 29.2 Å². The molecule has 3 heterocycles. The summed E-state index contributed by atoms with van der Waals surface area (Å²) in [5.74, 6) is 1.01. The van der Waals surface area contributed by atoms with Crippen LogP contribution in [0.3, 0.4) is 0 Å². The number of halogens is 1. The molecule has 0 radical (unpaired) electrons. The predicted octanol–water partition coefficient (Wildman–Crippen LogP) is 5.10. The maximum Gasteiger partial charge on any atom is 0.251 e. The van der Waals surface area contributed by atoms with Crippen LogP contribution in [0.15, 0.2) is 54.7 Å². The summed E-state index contributed by atoms with van der Waals surface area (Å²) in [7, 11) is 0. The second-order valence-corrected chi connectivity index (χ2v) is 8.56. The number of fused-ring (bicyclic) bond motifs is 1. The number of nitrogens with zero attached hydrogens (tertiary/aromatic N) is 2. The Morgan fingerprint density at radius 2 is 1.81 bits per heavy atom. The molecule has 6 heteroatoms. The van der Waals surface area contributed by atoms with Gasteiger partial charge in [-0.05, 0) is 53.6 Å². The number of aromatic nitrogens is 1. The number of carbonyl (C=O) groups is 1. The van der Waals surface area contributed by atoms with Crippen molar-refractivity contribution in [3.63, 3.8) is 0 Å². The summed E-state index contributed by atoms with van der Waals surface area (Å²) in [6.07, 6.45) is 5.16. The molecule has 5 nitrogen and oxygen atoms in total. The minimum absolute atomic E-state index is 0.134. The van der Waals surface area contributed by atoms with Gasteiger partial charge in [-0.25, -0.2) is 4.98 Å². The number of hydrogen-bond donors (Lipinski definition) is 0. The lowest BCUT2D eigenvalue weighted by Crippen LogP contribution is -2.45. The molecule has 2 aromatic carbocycles. The van der Waals surface area contributed by atoms with Crippen molar-refractivity contribution in [1.29, 1.82) is 0 Å². The van der Waals surface area contributed by atoms with Crippen molar-refractivity contribution in [3.8, 4) is 16.9 Å². The van der Waals surface area contributed by atoms with Crippen molar-refractivity contribution in [2.45, 2.75) is 37.9 Å². The zero-order chi connectivity index (χ0) is 21.2. The normalized spacial score (nSPS) is 19.6. The maximum absolute atomic E-state index is 12.5. The van der Waals surface area contributed by atoms with Gasteiger partial charge in [0.2, 0.25) is 0 Å². The fourth-order valence-corrected chi connectivity index (χ4v) is 4.64. The number of carbonyl (C=O) groups excluding carboxylic acids is 1. The van der Waals surface area contributed by atoms with E-state index in [2.05, 4.69) is 29.2 Å². The van der Waals surface area contributed by atoms with E-state index in [1.54, 1.807) is 6.20 Å². The molecule has 1 aromatic heterocycles. The third-order valence-corrected chi connectivity index (χ3v) is 6.47. The van der Waals surface area contributed by atoms with E-state index in [9.17, 15) is 4.79 Å². The molecule has 0 saturated carbocycles. The predicted molar refractivity (Wildman–Crippen MR) is 121 cm³/mol. The summed E-state index contributed by atoms with van der Waals surface area (Å²) < 4.78 is 11.7. The van der Waals surface area contributed by atoms with Gasteiger partial charge < -0.3 is 14.4 Å². The van der Waals surface area contributed by atoms with Crippen LogP contribution in [0.25, 0.3) is 21.9 Å². The first-order valence-electron chi connectivity index (χ1n) is 10.9. The highest BCUT2D eigenvalue weighted by Gasteiger charge is 2.31. The largest absolute Gasteiger partial charge is 0.490 e. The average molecular weight is 437 g/mol. The molecule has 0 spiro atoms. The number of ether oxygens (including phenoxy) is 2. The van der Waals surface area contributed by atoms with Gasteiger partial charge in [0.25, 0.3) is 5.91 Å². The Morgan fingerprint density at radius 3 is 2.55 bits per heavy atom. The fourth-order valence-electron chi connectivity index (χ4n) is 4.41. The standard InChI is InChI=1S/C25H25ClN2O3/c26-24-22-8-5-18(16-19(22)9-12-27-24)17-3-6-20(7-4-17)31-21-10-13-28(14-11-21)25(29)23-2-1-15-30-23/h3-9,12,16,21,23H,1-2,10-11,13-15H2/t23-/m1/s1. The highest BCUT2D eigenvalue weighted by atomic mass is 35.5. The average Bonchev–Trinajstić information content (AvgIpc) is 3.35. The Morgan fingerprint density at radius 1 is 1.03 bits per heavy atom. The molecule has 0 bridgehead atoms. The van der Waals surface area contributed by atoms with Crippen LogP contribution in [0.2, 0.25) is 5.15 Å². The molecule has 31 heavy (non-hydrogen) atoms. The fraction of sp³-hybridized carbons (Fsp3) is 0.360. The van der Waals surface area contributed by atoms with E-state index in [0.29, 0.717) is 11.8 Å². The Hall–Kier alpha value is -2.63. The van der Waals surface area contributed by atoms with Gasteiger partial charge in [-0.3, -0.25) is 4.79 Å². The molecular formula is C25H25ClN2O3. The summed E-state index contributed by atoms with van der Waals surface area (Å²) in [5, 5.41) is 2.55. The van der Waals surface area contributed by atoms with Crippen LogP contribution in [-0.4, -0.2) is 47.7 Å². The maximum atomic E-state index is 12.5. The summed E-state index contributed by atoms with van der Waals surface area (Å²) in [4.78, 5) is 18.6. The Balaban J connectivity index is 1.20. The van der Waals surface area contributed by atoms with Crippen LogP contribution in [0.5, 0.6) is 5.75 Å². The van der Waals surface area contributed by atoms with Gasteiger partial charge in [0.05, 0.1) is 0 Å². The van der Waals surface area contributed by atoms with Gasteiger partial charge in [0.1, 0.15) is 23.1 Å². The van der Waals surface area contributed by atoms with Crippen LogP contribution in [0.4, 0.5) is 0 Å². The van der Waals surface area contributed by atoms with Gasteiger partial charge in [-0.15, -0.1) is 0 Å². The lowest BCUT2D eigenvalue weighted by atomic mass is 10.0. The minimum Gasteiger partial charge on any atom is -0.490 e. The quantitative estimate of drug-likeness (QED) is 0.533. The molecule has 1 amide bonds. The van der Waals surface area contributed by atoms with Crippen molar-refractivity contribution in [3.05, 3.63) is 59.9 Å². The van der Waals surface area contributed by atoms with E-state index in [0.717, 1.165) is 66.4 Å². The number of pyridine rings is 1. The summed E-state index contributed by atoms with van der Waals surface area (Å²) >= 11 is 6.17. The molecule has 5 rings (SSSR count). The summed E-state index contributed by atoms with van der Waals surface area (Å²) in [5.41, 5.74) is 2.25. The molecular weight excluding hydrogens is 412 g/mol. The van der Waals surface area contributed by atoms with Crippen LogP contribution >= 0.6 is 11.6 Å². The third kappa shape index (κ3) is 4.39. The molecule has 0 aliphatic carbocycles. The zero-order valence-corrected chi connectivity index (χ0v) is 18.1. The lowest BCUT2D eigenvalue weighted by Gasteiger charge is -2.33. The van der Waals surface area contributed by atoms with Gasteiger partial charge >= 0.3 is 0 Å². The van der Waals surface area contributed by atoms with Gasteiger partial charge in [-0.2, -0.15) is 0 Å². The molecule has 3 aromatic rings. The first-order chi connectivity index (χ1) is 15.2. The molecule has 2 aliphatic rings. The SMILES string of the molecule is O=C([C@H]1CCCO1)N1CCC(Oc2ccc(-c3ccc4c(Cl)nccc4c3)cc2)CC1. The van der Waals surface area contributed by atoms with E-state index in [-0.39, 0.29) is 18.1 Å². The van der Waals surface area contributed by atoms with E-state index in [1.165, 1.54) is 0 Å². The highest BCUT2D eigenvalue weighted by molar-refractivity contribution is 6.34. The molecule has 2 saturated heterocycles. The van der Waals surface area contributed by atoms with Crippen LogP contribution < -0.4 is 4.74 Å². The number of benzene rings is 2. The topological polar surface area (TPSA) is 51.7 Å². The second-order valence-electron chi connectivity index (χ2n) is 8.21. The van der Waals surface area contributed by atoms with Crippen molar-refractivity contribution in [2.24, 2.45) is 0 Å². The zero-order valence-electron chi connectivity index (χ0n) is 17.3.